The first-order valence-electron chi connectivity index (χ1n) is 12.8. The summed E-state index contributed by atoms with van der Waals surface area (Å²) in [7, 11) is 0. The summed E-state index contributed by atoms with van der Waals surface area (Å²) in [5.74, 6) is 1.47. The quantitative estimate of drug-likeness (QED) is 0.342. The maximum absolute atomic E-state index is 13.3. The lowest BCUT2D eigenvalue weighted by atomic mass is 9.96. The molecule has 5 aromatic rings. The molecule has 9 heteroatoms. The van der Waals surface area contributed by atoms with Gasteiger partial charge in [-0.1, -0.05) is 65.8 Å². The Kier molecular flexibility index (Phi) is 5.73. The fourth-order valence-corrected chi connectivity index (χ4v) is 4.73. The van der Waals surface area contributed by atoms with Crippen molar-refractivity contribution in [2.45, 2.75) is 31.3 Å². The first kappa shape index (κ1) is 23.1. The number of anilines is 1. The minimum atomic E-state index is -0.896. The van der Waals surface area contributed by atoms with Gasteiger partial charge in [-0.3, -0.25) is 14.8 Å². The molecule has 0 bridgehead atoms. The molecule has 0 amide bonds. The summed E-state index contributed by atoms with van der Waals surface area (Å²) in [6.07, 6.45) is 6.89. The van der Waals surface area contributed by atoms with E-state index in [-0.39, 0.29) is 24.1 Å². The Morgan fingerprint density at radius 1 is 0.795 bits per heavy atom. The number of fused-ring (bicyclic) bond motifs is 1. The molecule has 190 valence electrons. The predicted molar refractivity (Wildman–Crippen MR) is 145 cm³/mol. The summed E-state index contributed by atoms with van der Waals surface area (Å²) >= 11 is 0. The zero-order valence-electron chi connectivity index (χ0n) is 20.9. The van der Waals surface area contributed by atoms with Crippen LogP contribution in [0.3, 0.4) is 0 Å². The van der Waals surface area contributed by atoms with E-state index in [1.807, 2.05) is 66.7 Å². The molecule has 1 aliphatic heterocycles. The zero-order valence-corrected chi connectivity index (χ0v) is 20.9. The Morgan fingerprint density at radius 2 is 1.56 bits per heavy atom. The van der Waals surface area contributed by atoms with Crippen LogP contribution in [0.15, 0.2) is 94.7 Å². The minimum absolute atomic E-state index is 0.0856. The van der Waals surface area contributed by atoms with E-state index < -0.39 is 6.17 Å². The standard InChI is InChI=1S/C30H23N7O2/c38-24-15-20-9-4-5-10-22(20)25(18-7-2-1-3-8-18)34-28(24)35-30-37-36-29(39-30)26-23(11-6-14-31-26)21-16-32-27(33-17-21)19-12-13-19/h1-11,14,16-17,19,28H,12-13,15H2,(H,35,37). The van der Waals surface area contributed by atoms with E-state index in [4.69, 9.17) is 9.41 Å². The van der Waals surface area contributed by atoms with Gasteiger partial charge in [0.25, 0.3) is 5.89 Å². The Balaban J connectivity index is 1.20. The molecule has 1 unspecified atom stereocenters. The van der Waals surface area contributed by atoms with E-state index >= 15 is 0 Å². The highest BCUT2D eigenvalue weighted by Gasteiger charge is 2.28. The van der Waals surface area contributed by atoms with Crippen LogP contribution in [0.25, 0.3) is 22.7 Å². The average Bonchev–Trinajstić information content (AvgIpc) is 3.76. The molecule has 1 aliphatic carbocycles. The molecular weight excluding hydrogens is 490 g/mol. The SMILES string of the molecule is O=C1Cc2ccccc2C(c2ccccc2)=NC1Nc1nnc(-c2ncccc2-c2cnc(C3CC3)nc2)o1. The summed E-state index contributed by atoms with van der Waals surface area (Å²) < 4.78 is 5.96. The number of aromatic nitrogens is 5. The molecule has 3 aromatic heterocycles. The number of aliphatic imine (C=N–C) groups is 1. The fourth-order valence-electron chi connectivity index (χ4n) is 4.73. The molecule has 1 atom stereocenters. The van der Waals surface area contributed by atoms with E-state index in [9.17, 15) is 4.79 Å². The van der Waals surface area contributed by atoms with Crippen LogP contribution in [-0.4, -0.2) is 42.8 Å². The van der Waals surface area contributed by atoms with Crippen LogP contribution in [0, 0.1) is 0 Å². The third-order valence-corrected chi connectivity index (χ3v) is 6.87. The van der Waals surface area contributed by atoms with Gasteiger partial charge in [-0.25, -0.2) is 9.97 Å². The van der Waals surface area contributed by atoms with Gasteiger partial charge >= 0.3 is 6.01 Å². The lowest BCUT2D eigenvalue weighted by Crippen LogP contribution is -2.29. The minimum Gasteiger partial charge on any atom is -0.402 e. The van der Waals surface area contributed by atoms with Crippen molar-refractivity contribution in [3.63, 3.8) is 0 Å². The number of hydrogen-bond acceptors (Lipinski definition) is 9. The van der Waals surface area contributed by atoms with Gasteiger partial charge < -0.3 is 9.73 Å². The van der Waals surface area contributed by atoms with Crippen LogP contribution in [0.2, 0.25) is 0 Å². The predicted octanol–water partition coefficient (Wildman–Crippen LogP) is 4.87. The number of ketones is 1. The third kappa shape index (κ3) is 4.59. The lowest BCUT2D eigenvalue weighted by Gasteiger charge is -2.11. The van der Waals surface area contributed by atoms with Crippen LogP contribution in [0.4, 0.5) is 6.01 Å². The number of carbonyl (C=O) groups excluding carboxylic acids is 1. The largest absolute Gasteiger partial charge is 0.402 e. The number of rotatable bonds is 6. The van der Waals surface area contributed by atoms with E-state index in [2.05, 4.69) is 30.5 Å². The number of carbonyl (C=O) groups is 1. The number of benzene rings is 2. The molecule has 2 aliphatic rings. The molecule has 1 saturated carbocycles. The van der Waals surface area contributed by atoms with E-state index in [0.29, 0.717) is 11.6 Å². The first-order chi connectivity index (χ1) is 19.2. The van der Waals surface area contributed by atoms with Gasteiger partial charge in [0, 0.05) is 53.2 Å². The van der Waals surface area contributed by atoms with Crippen molar-refractivity contribution in [2.24, 2.45) is 4.99 Å². The monoisotopic (exact) mass is 513 g/mol. The Hall–Kier alpha value is -5.05. The Bertz CT molecular complexity index is 1690. The Labute approximate surface area is 224 Å². The van der Waals surface area contributed by atoms with Crippen LogP contribution in [0.1, 0.15) is 41.3 Å². The third-order valence-electron chi connectivity index (χ3n) is 6.87. The second-order valence-corrected chi connectivity index (χ2v) is 9.61. The molecule has 0 spiro atoms. The molecular formula is C30H23N7O2. The molecule has 1 fully saturated rings. The smallest absolute Gasteiger partial charge is 0.317 e. The van der Waals surface area contributed by atoms with Crippen LogP contribution in [-0.2, 0) is 11.2 Å². The van der Waals surface area contributed by atoms with Gasteiger partial charge in [0.1, 0.15) is 11.5 Å². The van der Waals surface area contributed by atoms with Crippen molar-refractivity contribution in [1.82, 2.24) is 25.1 Å². The highest BCUT2D eigenvalue weighted by Crippen LogP contribution is 2.38. The Morgan fingerprint density at radius 3 is 2.38 bits per heavy atom. The number of nitrogens with one attached hydrogen (secondary N) is 1. The number of hydrogen-bond donors (Lipinski definition) is 1. The number of pyridine rings is 1. The second-order valence-electron chi connectivity index (χ2n) is 9.61. The van der Waals surface area contributed by atoms with Crippen molar-refractivity contribution < 1.29 is 9.21 Å². The van der Waals surface area contributed by atoms with Gasteiger partial charge in [0.05, 0.1) is 5.71 Å². The van der Waals surface area contributed by atoms with Crippen molar-refractivity contribution in [3.05, 3.63) is 108 Å². The van der Waals surface area contributed by atoms with Crippen molar-refractivity contribution in [2.75, 3.05) is 5.32 Å². The second kappa shape index (κ2) is 9.68. The molecule has 9 nitrogen and oxygen atoms in total. The summed E-state index contributed by atoms with van der Waals surface area (Å²) in [5.41, 5.74) is 5.61. The van der Waals surface area contributed by atoms with Gasteiger partial charge in [-0.2, -0.15) is 0 Å². The van der Waals surface area contributed by atoms with Gasteiger partial charge in [-0.15, -0.1) is 5.10 Å². The van der Waals surface area contributed by atoms with E-state index in [0.717, 1.165) is 52.2 Å². The fraction of sp³-hybridized carbons (Fsp3) is 0.167. The molecule has 2 aromatic carbocycles. The van der Waals surface area contributed by atoms with Gasteiger partial charge in [0.15, 0.2) is 11.9 Å². The lowest BCUT2D eigenvalue weighted by molar-refractivity contribution is -0.119. The van der Waals surface area contributed by atoms with Crippen LogP contribution < -0.4 is 5.32 Å². The summed E-state index contributed by atoms with van der Waals surface area (Å²) in [6, 6.07) is 21.5. The normalized spacial score (nSPS) is 16.8. The van der Waals surface area contributed by atoms with Crippen molar-refractivity contribution >= 4 is 17.5 Å². The van der Waals surface area contributed by atoms with Crippen LogP contribution in [0.5, 0.6) is 0 Å². The molecule has 4 heterocycles. The number of Topliss-reactive ketones (excluding diaryl/α,β-unsaturated/α-hetero) is 1. The van der Waals surface area contributed by atoms with E-state index in [1.165, 1.54) is 0 Å². The zero-order chi connectivity index (χ0) is 26.2. The average molecular weight is 514 g/mol. The highest BCUT2D eigenvalue weighted by molar-refractivity contribution is 6.16. The molecule has 39 heavy (non-hydrogen) atoms. The highest BCUT2D eigenvalue weighted by atomic mass is 16.4. The van der Waals surface area contributed by atoms with E-state index in [1.54, 1.807) is 18.6 Å². The van der Waals surface area contributed by atoms with Gasteiger partial charge in [-0.05, 0) is 24.5 Å². The maximum atomic E-state index is 13.3. The summed E-state index contributed by atoms with van der Waals surface area (Å²) in [5, 5.41) is 11.4. The summed E-state index contributed by atoms with van der Waals surface area (Å²) in [4.78, 5) is 31.7. The molecule has 1 N–H and O–H groups in total. The summed E-state index contributed by atoms with van der Waals surface area (Å²) in [6.45, 7) is 0. The topological polar surface area (TPSA) is 119 Å². The molecule has 0 saturated heterocycles. The molecule has 7 rings (SSSR count). The number of nitrogens with zero attached hydrogens (tertiary/aromatic N) is 6. The first-order valence-corrected chi connectivity index (χ1v) is 12.8. The van der Waals surface area contributed by atoms with Crippen LogP contribution >= 0.6 is 0 Å². The van der Waals surface area contributed by atoms with Gasteiger partial charge in [0.2, 0.25) is 0 Å². The molecule has 0 radical (unpaired) electrons. The van der Waals surface area contributed by atoms with Crippen molar-refractivity contribution in [1.29, 1.82) is 0 Å². The van der Waals surface area contributed by atoms with Crippen molar-refractivity contribution in [3.8, 4) is 22.7 Å². The maximum Gasteiger partial charge on any atom is 0.317 e.